The molecular weight excluding hydrogens is 491 g/mol. The maximum Gasteiger partial charge on any atom is 0.343 e. The Balaban J connectivity index is 1.63. The number of carbonyl (C=O) groups is 3. The second-order valence-electron chi connectivity index (χ2n) is 7.77. The first-order valence-corrected chi connectivity index (χ1v) is 11.4. The van der Waals surface area contributed by atoms with Gasteiger partial charge in [-0.05, 0) is 43.7 Å². The molecule has 2 amide bonds. The van der Waals surface area contributed by atoms with E-state index >= 15 is 0 Å². The van der Waals surface area contributed by atoms with E-state index in [0.29, 0.717) is 11.3 Å². The number of nitrogens with zero attached hydrogens (tertiary/aromatic N) is 2. The standard InChI is InChI=1S/C25H22ClFN4O5/c1-3-35-24(33)20-18(28-25(34)29-21(20)15-7-5-4-6-8-15)13-36-23(32)19-14(2)30-31(22(19)26)17-11-9-16(27)10-12-17/h4-12,21H,3,13H2,1-2H3,(H2,28,29,34). The molecular formula is C25H22ClFN4O5. The van der Waals surface area contributed by atoms with Gasteiger partial charge in [-0.25, -0.2) is 23.5 Å². The van der Waals surface area contributed by atoms with Crippen molar-refractivity contribution < 1.29 is 28.2 Å². The number of ether oxygens (including phenoxy) is 2. The third-order valence-corrected chi connectivity index (χ3v) is 5.76. The molecule has 2 N–H and O–H groups in total. The predicted octanol–water partition coefficient (Wildman–Crippen LogP) is 4.00. The van der Waals surface area contributed by atoms with Crippen LogP contribution in [0.3, 0.4) is 0 Å². The highest BCUT2D eigenvalue weighted by Gasteiger charge is 2.34. The molecule has 11 heteroatoms. The van der Waals surface area contributed by atoms with E-state index in [1.165, 1.54) is 28.9 Å². The number of rotatable bonds is 7. The fourth-order valence-electron chi connectivity index (χ4n) is 3.77. The number of aromatic nitrogens is 2. The molecule has 1 unspecified atom stereocenters. The average molecular weight is 513 g/mol. The van der Waals surface area contributed by atoms with Gasteiger partial charge in [-0.1, -0.05) is 41.9 Å². The van der Waals surface area contributed by atoms with E-state index in [1.807, 2.05) is 0 Å². The van der Waals surface area contributed by atoms with Crippen molar-refractivity contribution in [2.45, 2.75) is 19.9 Å². The predicted molar refractivity (Wildman–Crippen MR) is 128 cm³/mol. The molecule has 0 aliphatic carbocycles. The van der Waals surface area contributed by atoms with E-state index in [0.717, 1.165) is 0 Å². The summed E-state index contributed by atoms with van der Waals surface area (Å²) in [7, 11) is 0. The minimum atomic E-state index is -0.814. The lowest BCUT2D eigenvalue weighted by atomic mass is 9.95. The molecule has 0 fully saturated rings. The Hall–Kier alpha value is -4.18. The first kappa shape index (κ1) is 24.9. The number of nitrogens with one attached hydrogen (secondary N) is 2. The quantitative estimate of drug-likeness (QED) is 0.463. The number of hydrogen-bond donors (Lipinski definition) is 2. The Labute approximate surface area is 210 Å². The monoisotopic (exact) mass is 512 g/mol. The van der Waals surface area contributed by atoms with E-state index in [4.69, 9.17) is 21.1 Å². The van der Waals surface area contributed by atoms with Gasteiger partial charge in [-0.15, -0.1) is 0 Å². The zero-order valence-electron chi connectivity index (χ0n) is 19.4. The second-order valence-corrected chi connectivity index (χ2v) is 8.13. The van der Waals surface area contributed by atoms with Crippen LogP contribution in [0.1, 0.15) is 34.6 Å². The summed E-state index contributed by atoms with van der Waals surface area (Å²) < 4.78 is 25.2. The van der Waals surface area contributed by atoms with Crippen molar-refractivity contribution >= 4 is 29.6 Å². The number of amides is 2. The Morgan fingerprint density at radius 3 is 2.44 bits per heavy atom. The van der Waals surface area contributed by atoms with Gasteiger partial charge in [-0.2, -0.15) is 5.10 Å². The summed E-state index contributed by atoms with van der Waals surface area (Å²) in [6, 6.07) is 12.9. The van der Waals surface area contributed by atoms with Crippen molar-refractivity contribution in [3.63, 3.8) is 0 Å². The molecule has 2 aromatic carbocycles. The maximum atomic E-state index is 13.3. The number of esters is 2. The largest absolute Gasteiger partial charge is 0.463 e. The van der Waals surface area contributed by atoms with Crippen molar-refractivity contribution in [2.24, 2.45) is 0 Å². The van der Waals surface area contributed by atoms with Crippen LogP contribution in [0.4, 0.5) is 9.18 Å². The van der Waals surface area contributed by atoms with Gasteiger partial charge in [0.2, 0.25) is 0 Å². The number of halogens is 2. The molecule has 0 saturated heterocycles. The highest BCUT2D eigenvalue weighted by Crippen LogP contribution is 2.29. The van der Waals surface area contributed by atoms with E-state index in [-0.39, 0.29) is 34.3 Å². The summed E-state index contributed by atoms with van der Waals surface area (Å²) in [4.78, 5) is 38.2. The molecule has 1 aromatic heterocycles. The molecule has 0 saturated carbocycles. The van der Waals surface area contributed by atoms with Crippen molar-refractivity contribution in [3.8, 4) is 5.69 Å². The normalized spacial score (nSPS) is 15.2. The van der Waals surface area contributed by atoms with Crippen LogP contribution in [-0.2, 0) is 14.3 Å². The van der Waals surface area contributed by atoms with Crippen molar-refractivity contribution in [2.75, 3.05) is 13.2 Å². The van der Waals surface area contributed by atoms with Gasteiger partial charge in [0, 0.05) is 0 Å². The third kappa shape index (κ3) is 5.08. The van der Waals surface area contributed by atoms with Gasteiger partial charge >= 0.3 is 18.0 Å². The smallest absolute Gasteiger partial charge is 0.343 e. The maximum absolute atomic E-state index is 13.3. The molecule has 186 valence electrons. The van der Waals surface area contributed by atoms with Gasteiger partial charge < -0.3 is 20.1 Å². The van der Waals surface area contributed by atoms with E-state index in [2.05, 4.69) is 15.7 Å². The fraction of sp³-hybridized carbons (Fsp3) is 0.200. The zero-order valence-corrected chi connectivity index (χ0v) is 20.1. The Morgan fingerprint density at radius 2 is 1.78 bits per heavy atom. The Bertz CT molecular complexity index is 1340. The highest BCUT2D eigenvalue weighted by atomic mass is 35.5. The first-order valence-electron chi connectivity index (χ1n) is 11.0. The molecule has 3 aromatic rings. The van der Waals surface area contributed by atoms with E-state index in [1.54, 1.807) is 44.2 Å². The molecule has 0 radical (unpaired) electrons. The van der Waals surface area contributed by atoms with Crippen molar-refractivity contribution in [1.29, 1.82) is 0 Å². The summed E-state index contributed by atoms with van der Waals surface area (Å²) in [6.45, 7) is 2.92. The fourth-order valence-corrected chi connectivity index (χ4v) is 4.12. The van der Waals surface area contributed by atoms with Crippen LogP contribution in [0.5, 0.6) is 0 Å². The molecule has 9 nitrogen and oxygen atoms in total. The number of hydrogen-bond acceptors (Lipinski definition) is 6. The SMILES string of the molecule is CCOC(=O)C1=C(COC(=O)c2c(C)nn(-c3ccc(F)cc3)c2Cl)NC(=O)NC1c1ccccc1. The van der Waals surface area contributed by atoms with Gasteiger partial charge in [0.25, 0.3) is 0 Å². The van der Waals surface area contributed by atoms with Gasteiger partial charge in [0.15, 0.2) is 0 Å². The van der Waals surface area contributed by atoms with Crippen LogP contribution in [-0.4, -0.2) is 41.0 Å². The molecule has 36 heavy (non-hydrogen) atoms. The number of carbonyl (C=O) groups excluding carboxylic acids is 3. The number of aryl methyl sites for hydroxylation is 1. The molecule has 1 atom stereocenters. The summed E-state index contributed by atoms with van der Waals surface area (Å²) in [6.07, 6.45) is 0. The molecule has 2 heterocycles. The van der Waals surface area contributed by atoms with Crippen molar-refractivity contribution in [3.05, 3.63) is 93.7 Å². The summed E-state index contributed by atoms with van der Waals surface area (Å²) in [5.74, 6) is -1.91. The summed E-state index contributed by atoms with van der Waals surface area (Å²) in [5.41, 5.74) is 1.58. The topological polar surface area (TPSA) is 112 Å². The Morgan fingerprint density at radius 1 is 1.08 bits per heavy atom. The number of benzene rings is 2. The van der Waals surface area contributed by atoms with Crippen LogP contribution >= 0.6 is 11.6 Å². The molecule has 0 bridgehead atoms. The molecule has 0 spiro atoms. The lowest BCUT2D eigenvalue weighted by Crippen LogP contribution is -2.47. The van der Waals surface area contributed by atoms with Crippen LogP contribution in [0, 0.1) is 12.7 Å². The minimum absolute atomic E-state index is 0.000790. The van der Waals surface area contributed by atoms with Gasteiger partial charge in [-0.3, -0.25) is 0 Å². The van der Waals surface area contributed by atoms with Crippen LogP contribution < -0.4 is 10.6 Å². The van der Waals surface area contributed by atoms with Gasteiger partial charge in [0.05, 0.1) is 35.3 Å². The van der Waals surface area contributed by atoms with Crippen molar-refractivity contribution in [1.82, 2.24) is 20.4 Å². The molecule has 4 rings (SSSR count). The highest BCUT2D eigenvalue weighted by molar-refractivity contribution is 6.33. The molecule has 1 aliphatic heterocycles. The summed E-state index contributed by atoms with van der Waals surface area (Å²) in [5, 5.41) is 9.47. The van der Waals surface area contributed by atoms with E-state index in [9.17, 15) is 18.8 Å². The minimum Gasteiger partial charge on any atom is -0.463 e. The van der Waals surface area contributed by atoms with Crippen LogP contribution in [0.2, 0.25) is 5.15 Å². The average Bonchev–Trinajstić information content (AvgIpc) is 3.17. The van der Waals surface area contributed by atoms with Gasteiger partial charge in [0.1, 0.15) is 23.1 Å². The first-order chi connectivity index (χ1) is 17.3. The zero-order chi connectivity index (χ0) is 25.8. The summed E-state index contributed by atoms with van der Waals surface area (Å²) >= 11 is 6.41. The third-order valence-electron chi connectivity index (χ3n) is 5.41. The lowest BCUT2D eigenvalue weighted by Gasteiger charge is -2.29. The van der Waals surface area contributed by atoms with Crippen LogP contribution in [0.15, 0.2) is 65.9 Å². The van der Waals surface area contributed by atoms with Crippen LogP contribution in [0.25, 0.3) is 5.69 Å². The molecule has 1 aliphatic rings. The van der Waals surface area contributed by atoms with E-state index < -0.39 is 36.4 Å². The lowest BCUT2D eigenvalue weighted by molar-refractivity contribution is -0.139. The number of urea groups is 1. The second kappa shape index (κ2) is 10.6. The Kier molecular flexibility index (Phi) is 7.35.